The summed E-state index contributed by atoms with van der Waals surface area (Å²) in [5.74, 6) is 0.590. The Kier molecular flexibility index (Phi) is 5.59. The summed E-state index contributed by atoms with van der Waals surface area (Å²) in [6.45, 7) is 3.22. The van der Waals surface area contributed by atoms with Crippen molar-refractivity contribution in [2.45, 2.75) is 31.9 Å². The molecule has 3 heterocycles. The van der Waals surface area contributed by atoms with Gasteiger partial charge < -0.3 is 14.6 Å². The van der Waals surface area contributed by atoms with Crippen LogP contribution in [0.1, 0.15) is 30.5 Å². The van der Waals surface area contributed by atoms with Crippen LogP contribution in [0.15, 0.2) is 59.8 Å². The highest BCUT2D eigenvalue weighted by atomic mass is 16.5. The lowest BCUT2D eigenvalue weighted by atomic mass is 9.96. The maximum atomic E-state index is 13.5. The monoisotopic (exact) mass is 431 g/mol. The van der Waals surface area contributed by atoms with Crippen LogP contribution in [0.3, 0.4) is 0 Å². The van der Waals surface area contributed by atoms with Crippen molar-refractivity contribution in [1.82, 2.24) is 14.5 Å². The molecule has 1 aliphatic rings. The Labute approximate surface area is 185 Å². The molecular weight excluding hydrogens is 406 g/mol. The van der Waals surface area contributed by atoms with E-state index in [0.29, 0.717) is 42.8 Å². The Morgan fingerprint density at radius 3 is 2.81 bits per heavy atom. The molecule has 32 heavy (non-hydrogen) atoms. The number of benzene rings is 2. The molecule has 0 spiro atoms. The number of aliphatic hydroxyl groups is 1. The third-order valence-corrected chi connectivity index (χ3v) is 6.01. The predicted molar refractivity (Wildman–Crippen MR) is 122 cm³/mol. The van der Waals surface area contributed by atoms with E-state index in [4.69, 9.17) is 9.47 Å². The number of pyridine rings is 1. The van der Waals surface area contributed by atoms with Gasteiger partial charge in [0, 0.05) is 24.3 Å². The predicted octanol–water partition coefficient (Wildman–Crippen LogP) is 3.26. The molecule has 0 radical (unpaired) electrons. The largest absolute Gasteiger partial charge is 0.478 e. The molecule has 1 fully saturated rings. The first-order valence-electron chi connectivity index (χ1n) is 10.9. The molecule has 1 N–H and O–H groups in total. The van der Waals surface area contributed by atoms with E-state index in [1.165, 1.54) is 0 Å². The topological polar surface area (TPSA) is 86.5 Å². The molecule has 0 amide bonds. The molecule has 4 aromatic rings. The quantitative estimate of drug-likeness (QED) is 0.488. The van der Waals surface area contributed by atoms with Crippen molar-refractivity contribution in [3.63, 3.8) is 0 Å². The molecule has 2 atom stereocenters. The van der Waals surface area contributed by atoms with E-state index in [9.17, 15) is 9.90 Å². The lowest BCUT2D eigenvalue weighted by Crippen LogP contribution is -2.39. The molecule has 2 aromatic heterocycles. The van der Waals surface area contributed by atoms with Crippen molar-refractivity contribution in [2.75, 3.05) is 19.8 Å². The van der Waals surface area contributed by atoms with Gasteiger partial charge in [-0.25, -0.2) is 9.97 Å². The van der Waals surface area contributed by atoms with Gasteiger partial charge in [0.1, 0.15) is 0 Å². The molecule has 0 saturated carbocycles. The minimum Gasteiger partial charge on any atom is -0.478 e. The smallest absolute Gasteiger partial charge is 0.261 e. The first kappa shape index (κ1) is 20.6. The van der Waals surface area contributed by atoms with E-state index < -0.39 is 6.10 Å². The summed E-state index contributed by atoms with van der Waals surface area (Å²) in [4.78, 5) is 22.4. The lowest BCUT2D eigenvalue weighted by Gasteiger charge is -2.29. The van der Waals surface area contributed by atoms with E-state index >= 15 is 0 Å². The third kappa shape index (κ3) is 3.74. The number of hydrogen-bond donors (Lipinski definition) is 1. The number of hydrogen-bond acceptors (Lipinski definition) is 6. The Morgan fingerprint density at radius 2 is 2.00 bits per heavy atom. The molecule has 0 bridgehead atoms. The standard InChI is InChI=1S/C25H25N3O4/c1-2-32-23-12-16(7-9-26-23)11-17-13-20-24(19-6-4-3-5-18(17)19)27-15-28(25(20)30)21-8-10-31-14-22(21)29/h3-7,9,12-13,15,21-22,29H,2,8,10-11,14H2,1H3/t21-,22-/m0/s1. The lowest BCUT2D eigenvalue weighted by molar-refractivity contribution is -0.0395. The fourth-order valence-corrected chi connectivity index (χ4v) is 4.47. The summed E-state index contributed by atoms with van der Waals surface area (Å²) < 4.78 is 12.4. The number of ether oxygens (including phenoxy) is 2. The average Bonchev–Trinajstić information content (AvgIpc) is 2.81. The van der Waals surface area contributed by atoms with Crippen LogP contribution in [0.25, 0.3) is 21.7 Å². The van der Waals surface area contributed by atoms with E-state index in [-0.39, 0.29) is 18.2 Å². The van der Waals surface area contributed by atoms with Crippen LogP contribution in [0.4, 0.5) is 0 Å². The van der Waals surface area contributed by atoms with Crippen LogP contribution in [-0.4, -0.2) is 45.6 Å². The Hall–Kier alpha value is -3.29. The number of nitrogens with zero attached hydrogens (tertiary/aromatic N) is 3. The van der Waals surface area contributed by atoms with Gasteiger partial charge in [-0.05, 0) is 48.4 Å². The normalized spacial score (nSPS) is 18.8. The molecule has 2 aromatic carbocycles. The molecule has 0 aliphatic carbocycles. The minimum atomic E-state index is -0.727. The van der Waals surface area contributed by atoms with E-state index in [1.54, 1.807) is 17.1 Å². The van der Waals surface area contributed by atoms with Crippen LogP contribution >= 0.6 is 0 Å². The SMILES string of the molecule is CCOc1cc(Cc2cc3c(=O)n([C@H]4CCOC[C@@H]4O)cnc3c3ccccc23)ccn1. The molecule has 164 valence electrons. The van der Waals surface area contributed by atoms with Crippen molar-refractivity contribution >= 4 is 21.7 Å². The Bertz CT molecular complexity index is 1330. The van der Waals surface area contributed by atoms with E-state index in [1.807, 2.05) is 43.3 Å². The van der Waals surface area contributed by atoms with Crippen LogP contribution in [0, 0.1) is 0 Å². The van der Waals surface area contributed by atoms with E-state index in [2.05, 4.69) is 16.0 Å². The fraction of sp³-hybridized carbons (Fsp3) is 0.320. The second-order valence-electron chi connectivity index (χ2n) is 8.04. The van der Waals surface area contributed by atoms with Crippen LogP contribution in [0.2, 0.25) is 0 Å². The van der Waals surface area contributed by atoms with Crippen molar-refractivity contribution in [3.8, 4) is 5.88 Å². The van der Waals surface area contributed by atoms with Crippen molar-refractivity contribution in [1.29, 1.82) is 0 Å². The van der Waals surface area contributed by atoms with Crippen LogP contribution in [-0.2, 0) is 11.2 Å². The summed E-state index contributed by atoms with van der Waals surface area (Å²) in [5.41, 5.74) is 2.62. The molecule has 5 rings (SSSR count). The summed E-state index contributed by atoms with van der Waals surface area (Å²) in [6.07, 6.45) is 3.78. The van der Waals surface area contributed by atoms with Gasteiger partial charge in [-0.2, -0.15) is 0 Å². The first-order chi connectivity index (χ1) is 15.7. The van der Waals surface area contributed by atoms with E-state index in [0.717, 1.165) is 21.9 Å². The number of rotatable bonds is 5. The van der Waals surface area contributed by atoms with Crippen LogP contribution < -0.4 is 10.3 Å². The highest BCUT2D eigenvalue weighted by Crippen LogP contribution is 2.29. The molecule has 1 aliphatic heterocycles. The maximum Gasteiger partial charge on any atom is 0.261 e. The van der Waals surface area contributed by atoms with Gasteiger partial charge in [0.05, 0.1) is 42.6 Å². The van der Waals surface area contributed by atoms with Gasteiger partial charge in [0.25, 0.3) is 5.56 Å². The highest BCUT2D eigenvalue weighted by Gasteiger charge is 2.27. The number of aromatic nitrogens is 3. The van der Waals surface area contributed by atoms with Gasteiger partial charge >= 0.3 is 0 Å². The Morgan fingerprint density at radius 1 is 1.16 bits per heavy atom. The summed E-state index contributed by atoms with van der Waals surface area (Å²) in [6, 6.07) is 13.5. The van der Waals surface area contributed by atoms with Crippen molar-refractivity contribution < 1.29 is 14.6 Å². The van der Waals surface area contributed by atoms with Crippen molar-refractivity contribution in [2.24, 2.45) is 0 Å². The summed E-state index contributed by atoms with van der Waals surface area (Å²) in [5, 5.41) is 12.9. The molecule has 7 nitrogen and oxygen atoms in total. The highest BCUT2D eigenvalue weighted by molar-refractivity contribution is 6.06. The molecule has 7 heteroatoms. The van der Waals surface area contributed by atoms with Gasteiger partial charge in [-0.1, -0.05) is 24.3 Å². The Balaban J connectivity index is 1.66. The molecule has 1 saturated heterocycles. The van der Waals surface area contributed by atoms with Gasteiger partial charge in [-0.3, -0.25) is 9.36 Å². The van der Waals surface area contributed by atoms with Gasteiger partial charge in [0.2, 0.25) is 5.88 Å². The zero-order chi connectivity index (χ0) is 22.1. The maximum absolute atomic E-state index is 13.5. The van der Waals surface area contributed by atoms with Gasteiger partial charge in [0.15, 0.2) is 0 Å². The van der Waals surface area contributed by atoms with Gasteiger partial charge in [-0.15, -0.1) is 0 Å². The zero-order valence-corrected chi connectivity index (χ0v) is 17.9. The molecular formula is C25H25N3O4. The average molecular weight is 431 g/mol. The van der Waals surface area contributed by atoms with Crippen LogP contribution in [0.5, 0.6) is 5.88 Å². The summed E-state index contributed by atoms with van der Waals surface area (Å²) >= 11 is 0. The first-order valence-corrected chi connectivity index (χ1v) is 10.9. The third-order valence-electron chi connectivity index (χ3n) is 6.01. The fourth-order valence-electron chi connectivity index (χ4n) is 4.47. The minimum absolute atomic E-state index is 0.141. The summed E-state index contributed by atoms with van der Waals surface area (Å²) in [7, 11) is 0. The number of fused-ring (bicyclic) bond motifs is 3. The second kappa shape index (κ2) is 8.68. The molecule has 0 unspecified atom stereocenters. The van der Waals surface area contributed by atoms with Crippen molar-refractivity contribution in [3.05, 3.63) is 76.5 Å². The number of aliphatic hydroxyl groups excluding tert-OH is 1. The zero-order valence-electron chi connectivity index (χ0n) is 17.9. The second-order valence-corrected chi connectivity index (χ2v) is 8.04.